The maximum absolute atomic E-state index is 12.5. The Labute approximate surface area is 119 Å². The molecule has 0 saturated carbocycles. The number of hydrogen-bond donors (Lipinski definition) is 2. The topological polar surface area (TPSA) is 89.7 Å². The molecule has 1 amide bonds. The largest absolute Gasteiger partial charge is 0.383 e. The summed E-state index contributed by atoms with van der Waals surface area (Å²) in [6.07, 6.45) is 0. The summed E-state index contributed by atoms with van der Waals surface area (Å²) in [7, 11) is 3.20. The molecule has 1 unspecified atom stereocenters. The van der Waals surface area contributed by atoms with E-state index in [1.54, 1.807) is 37.3 Å². The van der Waals surface area contributed by atoms with Crippen molar-refractivity contribution in [3.63, 3.8) is 0 Å². The number of pyridine rings is 1. The predicted octanol–water partition coefficient (Wildman–Crippen LogP) is 0.491. The van der Waals surface area contributed by atoms with Crippen molar-refractivity contribution >= 4 is 11.7 Å². The van der Waals surface area contributed by atoms with E-state index in [0.717, 1.165) is 0 Å². The number of hydrazine groups is 1. The van der Waals surface area contributed by atoms with Gasteiger partial charge in [-0.05, 0) is 19.1 Å². The van der Waals surface area contributed by atoms with Gasteiger partial charge in [-0.3, -0.25) is 4.79 Å². The van der Waals surface area contributed by atoms with Gasteiger partial charge in [0.1, 0.15) is 11.5 Å². The summed E-state index contributed by atoms with van der Waals surface area (Å²) in [4.78, 5) is 18.3. The van der Waals surface area contributed by atoms with Gasteiger partial charge >= 0.3 is 0 Å². The number of methoxy groups -OCH3 is 2. The van der Waals surface area contributed by atoms with Gasteiger partial charge in [-0.2, -0.15) is 0 Å². The molecule has 0 aliphatic heterocycles. The summed E-state index contributed by atoms with van der Waals surface area (Å²) in [6, 6.07) is 5.00. The van der Waals surface area contributed by atoms with Gasteiger partial charge in [0.25, 0.3) is 5.91 Å². The highest BCUT2D eigenvalue weighted by Crippen LogP contribution is 2.10. The molecule has 0 spiro atoms. The number of nitrogen functional groups attached to an aromatic ring is 1. The number of anilines is 1. The van der Waals surface area contributed by atoms with Gasteiger partial charge in [-0.1, -0.05) is 6.07 Å². The first-order valence-corrected chi connectivity index (χ1v) is 6.36. The summed E-state index contributed by atoms with van der Waals surface area (Å²) >= 11 is 0. The molecule has 3 N–H and O–H groups in total. The van der Waals surface area contributed by atoms with E-state index in [9.17, 15) is 4.79 Å². The van der Waals surface area contributed by atoms with Crippen LogP contribution in [-0.2, 0) is 9.47 Å². The van der Waals surface area contributed by atoms with Crippen LogP contribution in [0.2, 0.25) is 0 Å². The number of ether oxygens (including phenoxy) is 2. The summed E-state index contributed by atoms with van der Waals surface area (Å²) in [5.41, 5.74) is 2.76. The van der Waals surface area contributed by atoms with Gasteiger partial charge in [0.05, 0.1) is 19.3 Å². The van der Waals surface area contributed by atoms with Crippen LogP contribution in [0.1, 0.15) is 17.4 Å². The van der Waals surface area contributed by atoms with Crippen LogP contribution >= 0.6 is 0 Å². The number of carbonyl (C=O) groups excluding carboxylic acids is 1. The van der Waals surface area contributed by atoms with Crippen LogP contribution in [0.25, 0.3) is 0 Å². The Morgan fingerprint density at radius 3 is 2.80 bits per heavy atom. The minimum atomic E-state index is -0.177. The first kappa shape index (κ1) is 16.4. The predicted molar refractivity (Wildman–Crippen MR) is 76.3 cm³/mol. The molecular weight excluding hydrogens is 260 g/mol. The molecule has 0 aliphatic carbocycles. The SMILES string of the molecule is COCCN(C(=O)c1cccc(NN)n1)C(C)COC. The van der Waals surface area contributed by atoms with Gasteiger partial charge in [-0.15, -0.1) is 0 Å². The van der Waals surface area contributed by atoms with Crippen LogP contribution in [0.4, 0.5) is 5.82 Å². The van der Waals surface area contributed by atoms with E-state index in [0.29, 0.717) is 31.3 Å². The minimum Gasteiger partial charge on any atom is -0.383 e. The van der Waals surface area contributed by atoms with E-state index in [1.165, 1.54) is 0 Å². The fraction of sp³-hybridized carbons (Fsp3) is 0.538. The lowest BCUT2D eigenvalue weighted by Gasteiger charge is -2.28. The molecule has 20 heavy (non-hydrogen) atoms. The van der Waals surface area contributed by atoms with E-state index in [-0.39, 0.29) is 11.9 Å². The first-order chi connectivity index (χ1) is 9.63. The third-order valence-electron chi connectivity index (χ3n) is 2.85. The summed E-state index contributed by atoms with van der Waals surface area (Å²) in [5.74, 6) is 5.57. The number of amides is 1. The van der Waals surface area contributed by atoms with E-state index >= 15 is 0 Å². The van der Waals surface area contributed by atoms with E-state index in [2.05, 4.69) is 10.4 Å². The van der Waals surface area contributed by atoms with Gasteiger partial charge in [0.2, 0.25) is 0 Å². The van der Waals surface area contributed by atoms with E-state index < -0.39 is 0 Å². The second-order valence-electron chi connectivity index (χ2n) is 4.35. The lowest BCUT2D eigenvalue weighted by atomic mass is 10.2. The lowest BCUT2D eigenvalue weighted by Crippen LogP contribution is -2.43. The molecule has 0 saturated heterocycles. The Morgan fingerprint density at radius 2 is 2.20 bits per heavy atom. The van der Waals surface area contributed by atoms with Crippen molar-refractivity contribution in [1.82, 2.24) is 9.88 Å². The average molecular weight is 282 g/mol. The standard InChI is InChI=1S/C13H22N4O3/c1-10(9-20-3)17(7-8-19-2)13(18)11-5-4-6-12(15-11)16-14/h4-6,10H,7-9,14H2,1-3H3,(H,15,16). The number of hydrogen-bond acceptors (Lipinski definition) is 6. The quantitative estimate of drug-likeness (QED) is 0.533. The number of carbonyl (C=O) groups is 1. The zero-order chi connectivity index (χ0) is 15.0. The molecule has 0 fully saturated rings. The number of nitrogens with one attached hydrogen (secondary N) is 1. The third-order valence-corrected chi connectivity index (χ3v) is 2.85. The minimum absolute atomic E-state index is 0.0704. The molecule has 0 aliphatic rings. The highest BCUT2D eigenvalue weighted by molar-refractivity contribution is 5.92. The number of nitrogens with two attached hydrogens (primary N) is 1. The summed E-state index contributed by atoms with van der Waals surface area (Å²) in [5, 5.41) is 0. The Hall–Kier alpha value is -1.70. The highest BCUT2D eigenvalue weighted by atomic mass is 16.5. The van der Waals surface area contributed by atoms with Crippen molar-refractivity contribution in [3.8, 4) is 0 Å². The molecule has 1 rings (SSSR count). The molecule has 7 heteroatoms. The fourth-order valence-electron chi connectivity index (χ4n) is 1.82. The number of nitrogens with zero attached hydrogens (tertiary/aromatic N) is 2. The molecule has 0 radical (unpaired) electrons. The second-order valence-corrected chi connectivity index (χ2v) is 4.35. The van der Waals surface area contributed by atoms with Crippen molar-refractivity contribution in [3.05, 3.63) is 23.9 Å². The fourth-order valence-corrected chi connectivity index (χ4v) is 1.82. The molecule has 112 valence electrons. The van der Waals surface area contributed by atoms with E-state index in [1.807, 2.05) is 6.92 Å². The average Bonchev–Trinajstić information content (AvgIpc) is 2.47. The molecule has 1 atom stereocenters. The smallest absolute Gasteiger partial charge is 0.272 e. The highest BCUT2D eigenvalue weighted by Gasteiger charge is 2.22. The molecular formula is C13H22N4O3. The Morgan fingerprint density at radius 1 is 1.45 bits per heavy atom. The van der Waals surface area contributed by atoms with Crippen LogP contribution < -0.4 is 11.3 Å². The van der Waals surface area contributed by atoms with Gasteiger partial charge < -0.3 is 19.8 Å². The summed E-state index contributed by atoms with van der Waals surface area (Å²) in [6.45, 7) is 3.29. The van der Waals surface area contributed by atoms with Crippen molar-refractivity contribution in [2.45, 2.75) is 13.0 Å². The number of aromatic nitrogens is 1. The monoisotopic (exact) mass is 282 g/mol. The molecule has 1 aromatic rings. The zero-order valence-electron chi connectivity index (χ0n) is 12.1. The Bertz CT molecular complexity index is 428. The van der Waals surface area contributed by atoms with Gasteiger partial charge in [0, 0.05) is 20.8 Å². The van der Waals surface area contributed by atoms with Crippen molar-refractivity contribution < 1.29 is 14.3 Å². The third kappa shape index (κ3) is 4.44. The van der Waals surface area contributed by atoms with Gasteiger partial charge in [-0.25, -0.2) is 10.8 Å². The Balaban J connectivity index is 2.90. The molecule has 1 heterocycles. The molecule has 0 bridgehead atoms. The van der Waals surface area contributed by atoms with Crippen molar-refractivity contribution in [1.29, 1.82) is 0 Å². The maximum atomic E-state index is 12.5. The Kier molecular flexibility index (Phi) is 6.92. The lowest BCUT2D eigenvalue weighted by molar-refractivity contribution is 0.0474. The second kappa shape index (κ2) is 8.47. The zero-order valence-corrected chi connectivity index (χ0v) is 12.1. The normalized spacial score (nSPS) is 12.0. The van der Waals surface area contributed by atoms with Crippen LogP contribution in [0.3, 0.4) is 0 Å². The molecule has 0 aromatic carbocycles. The maximum Gasteiger partial charge on any atom is 0.272 e. The number of rotatable bonds is 8. The molecule has 1 aromatic heterocycles. The molecule has 7 nitrogen and oxygen atoms in total. The van der Waals surface area contributed by atoms with Crippen LogP contribution in [-0.4, -0.2) is 55.8 Å². The van der Waals surface area contributed by atoms with Gasteiger partial charge in [0.15, 0.2) is 0 Å². The van der Waals surface area contributed by atoms with Crippen LogP contribution in [0.15, 0.2) is 18.2 Å². The van der Waals surface area contributed by atoms with E-state index in [4.69, 9.17) is 15.3 Å². The van der Waals surface area contributed by atoms with Crippen molar-refractivity contribution in [2.24, 2.45) is 5.84 Å². The van der Waals surface area contributed by atoms with Crippen LogP contribution in [0.5, 0.6) is 0 Å². The van der Waals surface area contributed by atoms with Crippen LogP contribution in [0, 0.1) is 0 Å². The first-order valence-electron chi connectivity index (χ1n) is 6.36. The summed E-state index contributed by atoms with van der Waals surface area (Å²) < 4.78 is 10.2. The van der Waals surface area contributed by atoms with Crippen molar-refractivity contribution in [2.75, 3.05) is 39.4 Å².